The molecule has 198 valence electrons. The second kappa shape index (κ2) is 8.85. The Morgan fingerprint density at radius 3 is 2.49 bits per heavy atom. The van der Waals surface area contributed by atoms with Gasteiger partial charge in [0.25, 0.3) is 0 Å². The third kappa shape index (κ3) is 4.04. The molecule has 2 N–H and O–H groups in total. The molecule has 37 heavy (non-hydrogen) atoms. The van der Waals surface area contributed by atoms with Crippen molar-refractivity contribution in [2.45, 2.75) is 71.8 Å². The Balaban J connectivity index is 1.38. The van der Waals surface area contributed by atoms with Crippen molar-refractivity contribution in [2.75, 3.05) is 7.11 Å². The van der Waals surface area contributed by atoms with Crippen LogP contribution in [0, 0.1) is 34.5 Å². The molecule has 0 saturated heterocycles. The summed E-state index contributed by atoms with van der Waals surface area (Å²) in [5.74, 6) is 0.382. The number of Topliss-reactive ketones (excluding diaryl/α,β-unsaturated/α-hetero) is 1. The number of carbonyl (C=O) groups is 3. The number of methoxy groups -OCH3 is 1. The number of amides is 1. The van der Waals surface area contributed by atoms with Gasteiger partial charge in [-0.2, -0.15) is 0 Å². The van der Waals surface area contributed by atoms with Gasteiger partial charge in [-0.05, 0) is 92.5 Å². The molecular weight excluding hydrogens is 466 g/mol. The first-order valence-electron chi connectivity index (χ1n) is 13.5. The van der Waals surface area contributed by atoms with Crippen molar-refractivity contribution in [2.24, 2.45) is 34.5 Å². The normalized spacial score (nSPS) is 34.9. The lowest BCUT2D eigenvalue weighted by Crippen LogP contribution is -2.56. The van der Waals surface area contributed by atoms with E-state index in [1.807, 2.05) is 44.2 Å². The molecule has 0 heterocycles. The summed E-state index contributed by atoms with van der Waals surface area (Å²) in [6.07, 6.45) is 8.10. The van der Waals surface area contributed by atoms with Gasteiger partial charge < -0.3 is 15.2 Å². The maximum Gasteiger partial charge on any atom is 0.331 e. The van der Waals surface area contributed by atoms with E-state index in [1.54, 1.807) is 7.11 Å². The predicted molar refractivity (Wildman–Crippen MR) is 141 cm³/mol. The molecule has 0 unspecified atom stereocenters. The molecule has 2 saturated carbocycles. The number of fused-ring (bicyclic) bond motifs is 5. The highest BCUT2D eigenvalue weighted by Gasteiger charge is 2.62. The minimum atomic E-state index is -0.866. The summed E-state index contributed by atoms with van der Waals surface area (Å²) in [5.41, 5.74) is 1.22. The molecule has 0 aromatic heterocycles. The summed E-state index contributed by atoms with van der Waals surface area (Å²) in [7, 11) is 1.64. The average molecular weight is 506 g/mol. The largest absolute Gasteiger partial charge is 0.497 e. The van der Waals surface area contributed by atoms with E-state index in [0.717, 1.165) is 36.1 Å². The van der Waals surface area contributed by atoms with Crippen molar-refractivity contribution >= 4 is 17.7 Å². The van der Waals surface area contributed by atoms with E-state index in [2.05, 4.69) is 25.2 Å². The van der Waals surface area contributed by atoms with Crippen LogP contribution in [-0.2, 0) is 19.9 Å². The van der Waals surface area contributed by atoms with Crippen molar-refractivity contribution in [3.8, 4) is 5.75 Å². The molecule has 0 aliphatic heterocycles. The van der Waals surface area contributed by atoms with Crippen LogP contribution in [0.5, 0.6) is 5.75 Å². The molecule has 0 spiro atoms. The molecule has 5 rings (SSSR count). The zero-order valence-electron chi connectivity index (χ0n) is 22.6. The molecular formula is C31H39NO5. The lowest BCUT2D eigenvalue weighted by molar-refractivity contribution is -0.146. The molecule has 6 heteroatoms. The minimum Gasteiger partial charge on any atom is -0.497 e. The van der Waals surface area contributed by atoms with E-state index in [4.69, 9.17) is 4.74 Å². The second-order valence-electron chi connectivity index (χ2n) is 12.7. The minimum absolute atomic E-state index is 0.0296. The zero-order valence-corrected chi connectivity index (χ0v) is 22.6. The van der Waals surface area contributed by atoms with Crippen LogP contribution in [0.4, 0.5) is 0 Å². The number of allylic oxidation sites excluding steroid dienone is 3. The second-order valence-corrected chi connectivity index (χ2v) is 12.7. The van der Waals surface area contributed by atoms with Crippen molar-refractivity contribution in [3.63, 3.8) is 0 Å². The molecule has 1 amide bonds. The summed E-state index contributed by atoms with van der Waals surface area (Å²) < 4.78 is 5.27. The van der Waals surface area contributed by atoms with Crippen LogP contribution >= 0.6 is 0 Å². The van der Waals surface area contributed by atoms with Gasteiger partial charge >= 0.3 is 5.97 Å². The number of carboxylic acids is 1. The van der Waals surface area contributed by atoms with Crippen LogP contribution in [0.3, 0.4) is 0 Å². The first-order valence-corrected chi connectivity index (χ1v) is 13.5. The van der Waals surface area contributed by atoms with Crippen LogP contribution < -0.4 is 10.1 Å². The SMILES string of the molecule is COc1ccc(C(C)(C)NC(=O)[C@H]2CC[C@H]3[C@@H]4CC=C5C=C(C(=O)O)CC[C@]5(C)[C@H]4C(=O)C[C@]23C)cc1. The van der Waals surface area contributed by atoms with E-state index in [9.17, 15) is 19.5 Å². The van der Waals surface area contributed by atoms with Crippen molar-refractivity contribution in [1.82, 2.24) is 5.32 Å². The van der Waals surface area contributed by atoms with Gasteiger partial charge in [-0.15, -0.1) is 0 Å². The van der Waals surface area contributed by atoms with Gasteiger partial charge in [0.1, 0.15) is 11.5 Å². The summed E-state index contributed by atoms with van der Waals surface area (Å²) in [5, 5.41) is 12.8. The fourth-order valence-electron chi connectivity index (χ4n) is 8.23. The van der Waals surface area contributed by atoms with E-state index < -0.39 is 11.5 Å². The monoisotopic (exact) mass is 505 g/mol. The summed E-state index contributed by atoms with van der Waals surface area (Å²) in [4.78, 5) is 39.2. The molecule has 6 atom stereocenters. The van der Waals surface area contributed by atoms with Crippen LogP contribution in [0.15, 0.2) is 47.6 Å². The number of nitrogens with one attached hydrogen (secondary N) is 1. The standard InChI is InChI=1S/C31H39NO5/c1-29(2,19-6-9-21(37-5)10-7-19)32-27(34)24-13-12-23-22-11-8-20-16-18(28(35)36)14-15-30(20,3)26(22)25(33)17-31(23,24)4/h6-10,16,22-24,26H,11-15,17H2,1-5H3,(H,32,34)(H,35,36)/t22-,23-,24+,26+,30-,31-/m0/s1. The third-order valence-corrected chi connectivity index (χ3v) is 10.3. The molecule has 0 bridgehead atoms. The Hall–Kier alpha value is -2.89. The lowest BCUT2D eigenvalue weighted by Gasteiger charge is -2.55. The van der Waals surface area contributed by atoms with Crippen LogP contribution in [0.25, 0.3) is 0 Å². The lowest BCUT2D eigenvalue weighted by atomic mass is 9.47. The highest BCUT2D eigenvalue weighted by Crippen LogP contribution is 2.65. The first-order chi connectivity index (χ1) is 17.4. The van der Waals surface area contributed by atoms with Crippen LogP contribution in [0.2, 0.25) is 0 Å². The van der Waals surface area contributed by atoms with E-state index in [0.29, 0.717) is 30.8 Å². The van der Waals surface area contributed by atoms with Gasteiger partial charge in [0.15, 0.2) is 0 Å². The number of rotatable bonds is 5. The van der Waals surface area contributed by atoms with Crippen LogP contribution in [0.1, 0.15) is 71.8 Å². The number of ketones is 1. The van der Waals surface area contributed by atoms with Gasteiger partial charge in [-0.1, -0.05) is 32.1 Å². The number of aliphatic carboxylic acids is 1. The Kier molecular flexibility index (Phi) is 6.16. The van der Waals surface area contributed by atoms with Crippen molar-refractivity contribution in [3.05, 3.63) is 53.1 Å². The third-order valence-electron chi connectivity index (χ3n) is 10.3. The number of hydrogen-bond donors (Lipinski definition) is 2. The molecule has 1 aromatic carbocycles. The summed E-state index contributed by atoms with van der Waals surface area (Å²) in [6, 6.07) is 7.77. The summed E-state index contributed by atoms with van der Waals surface area (Å²) >= 11 is 0. The first kappa shape index (κ1) is 25.7. The van der Waals surface area contributed by atoms with E-state index >= 15 is 0 Å². The zero-order chi connectivity index (χ0) is 26.8. The number of hydrogen-bond acceptors (Lipinski definition) is 4. The van der Waals surface area contributed by atoms with Gasteiger partial charge in [0.2, 0.25) is 5.91 Å². The van der Waals surface area contributed by atoms with Crippen molar-refractivity contribution < 1.29 is 24.2 Å². The van der Waals surface area contributed by atoms with E-state index in [-0.39, 0.29) is 40.3 Å². The topological polar surface area (TPSA) is 92.7 Å². The fraction of sp³-hybridized carbons (Fsp3) is 0.581. The molecule has 6 nitrogen and oxygen atoms in total. The Bertz CT molecular complexity index is 1190. The number of ether oxygens (including phenoxy) is 1. The fourth-order valence-corrected chi connectivity index (χ4v) is 8.23. The number of carbonyl (C=O) groups excluding carboxylic acids is 2. The molecule has 1 aromatic rings. The Morgan fingerprint density at radius 1 is 1.14 bits per heavy atom. The Morgan fingerprint density at radius 2 is 1.84 bits per heavy atom. The smallest absolute Gasteiger partial charge is 0.331 e. The van der Waals surface area contributed by atoms with Crippen LogP contribution in [-0.4, -0.2) is 29.9 Å². The van der Waals surface area contributed by atoms with Gasteiger partial charge in [-0.3, -0.25) is 9.59 Å². The van der Waals surface area contributed by atoms with E-state index in [1.165, 1.54) is 0 Å². The molecule has 4 aliphatic carbocycles. The summed E-state index contributed by atoms with van der Waals surface area (Å²) in [6.45, 7) is 8.34. The maximum absolute atomic E-state index is 13.9. The highest BCUT2D eigenvalue weighted by molar-refractivity contribution is 5.90. The quantitative estimate of drug-likeness (QED) is 0.557. The van der Waals surface area contributed by atoms with Gasteiger partial charge in [0, 0.05) is 29.2 Å². The average Bonchev–Trinajstić information content (AvgIpc) is 3.19. The maximum atomic E-state index is 13.9. The van der Waals surface area contributed by atoms with Gasteiger partial charge in [0.05, 0.1) is 12.6 Å². The predicted octanol–water partition coefficient (Wildman–Crippen LogP) is 5.43. The van der Waals surface area contributed by atoms with Gasteiger partial charge in [-0.25, -0.2) is 4.79 Å². The Labute approximate surface area is 219 Å². The number of benzene rings is 1. The molecule has 4 aliphatic rings. The number of carboxylic acid groups (broad SMARTS) is 1. The molecule has 0 radical (unpaired) electrons. The molecule has 2 fully saturated rings. The highest BCUT2D eigenvalue weighted by atomic mass is 16.5. The van der Waals surface area contributed by atoms with Crippen molar-refractivity contribution in [1.29, 1.82) is 0 Å².